The second-order valence-electron chi connectivity index (χ2n) is 4.86. The average molecular weight is 332 g/mol. The van der Waals surface area contributed by atoms with E-state index in [1.54, 1.807) is 31.2 Å². The zero-order valence-electron chi connectivity index (χ0n) is 9.94. The summed E-state index contributed by atoms with van der Waals surface area (Å²) in [6.45, 7) is 1.77. The van der Waals surface area contributed by atoms with Gasteiger partial charge in [0.2, 0.25) is 0 Å². The number of rotatable bonds is 2. The van der Waals surface area contributed by atoms with E-state index in [0.717, 1.165) is 4.47 Å². The molecule has 98 valence electrons. The first-order chi connectivity index (χ1) is 8.30. The Labute approximate surface area is 115 Å². The normalized spacial score (nSPS) is 25.9. The van der Waals surface area contributed by atoms with Gasteiger partial charge in [-0.2, -0.15) is 0 Å². The van der Waals surface area contributed by atoms with Crippen LogP contribution in [0.3, 0.4) is 0 Å². The molecule has 1 saturated heterocycles. The molecular formula is C12H14BrNO3S. The number of sulfone groups is 1. The fourth-order valence-corrected chi connectivity index (χ4v) is 4.41. The van der Waals surface area contributed by atoms with E-state index in [2.05, 4.69) is 21.2 Å². The molecule has 1 aliphatic rings. The number of hydrogen-bond acceptors (Lipinski definition) is 3. The lowest BCUT2D eigenvalue weighted by atomic mass is 10.0. The van der Waals surface area contributed by atoms with Gasteiger partial charge in [0.1, 0.15) is 0 Å². The first-order valence-electron chi connectivity index (χ1n) is 5.58. The number of halogens is 1. The van der Waals surface area contributed by atoms with Crippen LogP contribution in [0.15, 0.2) is 28.7 Å². The fraction of sp³-hybridized carbons (Fsp3) is 0.417. The molecule has 1 aliphatic heterocycles. The standard InChI is InChI=1S/C12H14BrNO3S/c1-12(6-7-18(16,17)8-12)14-11(15)9-2-4-10(13)5-3-9/h2-5H,6-8H2,1H3,(H,14,15)/t12-/m1/s1. The smallest absolute Gasteiger partial charge is 0.251 e. The van der Waals surface area contributed by atoms with Gasteiger partial charge in [0.25, 0.3) is 5.91 Å². The minimum atomic E-state index is -3.01. The highest BCUT2D eigenvalue weighted by Crippen LogP contribution is 2.23. The fourth-order valence-electron chi connectivity index (χ4n) is 2.06. The highest BCUT2D eigenvalue weighted by atomic mass is 79.9. The van der Waals surface area contributed by atoms with E-state index in [-0.39, 0.29) is 17.4 Å². The monoisotopic (exact) mass is 331 g/mol. The Balaban J connectivity index is 2.10. The SMILES string of the molecule is C[C@@]1(NC(=O)c2ccc(Br)cc2)CCS(=O)(=O)C1. The van der Waals surface area contributed by atoms with Crippen LogP contribution in [0.4, 0.5) is 0 Å². The summed E-state index contributed by atoms with van der Waals surface area (Å²) in [5, 5.41) is 2.81. The molecule has 0 aliphatic carbocycles. The maximum absolute atomic E-state index is 12.0. The van der Waals surface area contributed by atoms with Gasteiger partial charge in [-0.25, -0.2) is 8.42 Å². The van der Waals surface area contributed by atoms with Crippen LogP contribution in [0, 0.1) is 0 Å². The van der Waals surface area contributed by atoms with Crippen molar-refractivity contribution in [3.05, 3.63) is 34.3 Å². The van der Waals surface area contributed by atoms with Crippen molar-refractivity contribution in [3.63, 3.8) is 0 Å². The maximum atomic E-state index is 12.0. The lowest BCUT2D eigenvalue weighted by Crippen LogP contribution is -2.46. The van der Waals surface area contributed by atoms with Gasteiger partial charge in [-0.3, -0.25) is 4.79 Å². The third-order valence-corrected chi connectivity index (χ3v) is 5.46. The molecule has 1 fully saturated rings. The van der Waals surface area contributed by atoms with Crippen LogP contribution in [0.1, 0.15) is 23.7 Å². The minimum absolute atomic E-state index is 0.0161. The zero-order chi connectivity index (χ0) is 13.4. The van der Waals surface area contributed by atoms with Gasteiger partial charge in [-0.15, -0.1) is 0 Å². The number of carbonyl (C=O) groups is 1. The molecule has 0 saturated carbocycles. The van der Waals surface area contributed by atoms with Crippen molar-refractivity contribution in [2.75, 3.05) is 11.5 Å². The lowest BCUT2D eigenvalue weighted by Gasteiger charge is -2.23. The molecule has 0 unspecified atom stereocenters. The third-order valence-electron chi connectivity index (χ3n) is 3.03. The Morgan fingerprint density at radius 3 is 2.44 bits per heavy atom. The van der Waals surface area contributed by atoms with Crippen LogP contribution in [0.5, 0.6) is 0 Å². The molecule has 1 N–H and O–H groups in total. The second-order valence-corrected chi connectivity index (χ2v) is 7.96. The highest BCUT2D eigenvalue weighted by molar-refractivity contribution is 9.10. The minimum Gasteiger partial charge on any atom is -0.346 e. The Bertz CT molecular complexity index is 567. The van der Waals surface area contributed by atoms with Crippen molar-refractivity contribution >= 4 is 31.7 Å². The van der Waals surface area contributed by atoms with Crippen molar-refractivity contribution < 1.29 is 13.2 Å². The van der Waals surface area contributed by atoms with Crippen molar-refractivity contribution in [2.24, 2.45) is 0 Å². The van der Waals surface area contributed by atoms with Gasteiger partial charge < -0.3 is 5.32 Å². The lowest BCUT2D eigenvalue weighted by molar-refractivity contribution is 0.0915. The zero-order valence-corrected chi connectivity index (χ0v) is 12.3. The molecular weight excluding hydrogens is 318 g/mol. The van der Waals surface area contributed by atoms with E-state index in [9.17, 15) is 13.2 Å². The molecule has 0 spiro atoms. The molecule has 1 aromatic carbocycles. The Kier molecular flexibility index (Phi) is 3.51. The molecule has 1 atom stereocenters. The predicted octanol–water partition coefficient (Wildman–Crippen LogP) is 1.76. The largest absolute Gasteiger partial charge is 0.346 e. The van der Waals surface area contributed by atoms with Crippen LogP contribution in [-0.2, 0) is 9.84 Å². The summed E-state index contributed by atoms with van der Waals surface area (Å²) in [6.07, 6.45) is 0.470. The molecule has 0 aromatic heterocycles. The summed E-state index contributed by atoms with van der Waals surface area (Å²) >= 11 is 3.30. The number of hydrogen-bond donors (Lipinski definition) is 1. The highest BCUT2D eigenvalue weighted by Gasteiger charge is 2.39. The van der Waals surface area contributed by atoms with E-state index in [4.69, 9.17) is 0 Å². The number of nitrogens with one attached hydrogen (secondary N) is 1. The van der Waals surface area contributed by atoms with Crippen LogP contribution in [0.2, 0.25) is 0 Å². The molecule has 2 rings (SSSR count). The first kappa shape index (κ1) is 13.5. The molecule has 6 heteroatoms. The van der Waals surface area contributed by atoms with Crippen LogP contribution in [0.25, 0.3) is 0 Å². The van der Waals surface area contributed by atoms with Gasteiger partial charge >= 0.3 is 0 Å². The maximum Gasteiger partial charge on any atom is 0.251 e. The molecule has 1 aromatic rings. The second kappa shape index (κ2) is 4.66. The molecule has 0 bridgehead atoms. The van der Waals surface area contributed by atoms with Gasteiger partial charge in [0.15, 0.2) is 9.84 Å². The summed E-state index contributed by atoms with van der Waals surface area (Å²) in [5.74, 6) is -0.0751. The molecule has 0 radical (unpaired) electrons. The van der Waals surface area contributed by atoms with Crippen LogP contribution in [-0.4, -0.2) is 31.4 Å². The quantitative estimate of drug-likeness (QED) is 0.898. The Hall–Kier alpha value is -0.880. The van der Waals surface area contributed by atoms with Gasteiger partial charge in [0, 0.05) is 10.0 Å². The van der Waals surface area contributed by atoms with Crippen molar-refractivity contribution in [3.8, 4) is 0 Å². The van der Waals surface area contributed by atoms with E-state index < -0.39 is 15.4 Å². The summed E-state index contributed by atoms with van der Waals surface area (Å²) < 4.78 is 23.8. The molecule has 1 heterocycles. The van der Waals surface area contributed by atoms with E-state index >= 15 is 0 Å². The van der Waals surface area contributed by atoms with E-state index in [0.29, 0.717) is 12.0 Å². The van der Waals surface area contributed by atoms with Crippen molar-refractivity contribution in [1.29, 1.82) is 0 Å². The van der Waals surface area contributed by atoms with Crippen molar-refractivity contribution in [2.45, 2.75) is 18.9 Å². The van der Waals surface area contributed by atoms with Crippen LogP contribution >= 0.6 is 15.9 Å². The topological polar surface area (TPSA) is 63.2 Å². The number of carbonyl (C=O) groups excluding carboxylic acids is 1. The van der Waals surface area contributed by atoms with Gasteiger partial charge in [-0.1, -0.05) is 15.9 Å². The van der Waals surface area contributed by atoms with Gasteiger partial charge in [0.05, 0.1) is 17.0 Å². The predicted molar refractivity (Wildman–Crippen MR) is 73.3 cm³/mol. The van der Waals surface area contributed by atoms with Gasteiger partial charge in [-0.05, 0) is 37.6 Å². The van der Waals surface area contributed by atoms with Crippen molar-refractivity contribution in [1.82, 2.24) is 5.32 Å². The summed E-state index contributed by atoms with van der Waals surface area (Å²) in [7, 11) is -3.01. The van der Waals surface area contributed by atoms with Crippen LogP contribution < -0.4 is 5.32 Å². The average Bonchev–Trinajstić information content (AvgIpc) is 2.53. The third kappa shape index (κ3) is 3.11. The Morgan fingerprint density at radius 1 is 1.33 bits per heavy atom. The van der Waals surface area contributed by atoms with E-state index in [1.165, 1.54) is 0 Å². The molecule has 18 heavy (non-hydrogen) atoms. The summed E-state index contributed by atoms with van der Waals surface area (Å²) in [4.78, 5) is 12.0. The first-order valence-corrected chi connectivity index (χ1v) is 8.20. The molecule has 4 nitrogen and oxygen atoms in total. The molecule has 1 amide bonds. The number of benzene rings is 1. The Morgan fingerprint density at radius 2 is 1.94 bits per heavy atom. The summed E-state index contributed by atoms with van der Waals surface area (Å²) in [6, 6.07) is 6.96. The summed E-state index contributed by atoms with van der Waals surface area (Å²) in [5.41, 5.74) is -0.119. The number of amides is 1. The van der Waals surface area contributed by atoms with E-state index in [1.807, 2.05) is 0 Å².